The molecule has 0 atom stereocenters. The lowest BCUT2D eigenvalue weighted by Crippen LogP contribution is -2.26. The lowest BCUT2D eigenvalue weighted by molar-refractivity contribution is 0.0686. The molecule has 189 valence electrons. The van der Waals surface area contributed by atoms with Crippen LogP contribution in [0.2, 0.25) is 6.32 Å². The third-order valence-corrected chi connectivity index (χ3v) is 6.28. The second-order valence-electron chi connectivity index (χ2n) is 8.77. The van der Waals surface area contributed by atoms with Crippen LogP contribution in [0.4, 0.5) is 0 Å². The third-order valence-electron chi connectivity index (χ3n) is 6.28. The Kier molecular flexibility index (Phi) is 8.33. The highest BCUT2D eigenvalue weighted by Crippen LogP contribution is 2.31. The van der Waals surface area contributed by atoms with Crippen molar-refractivity contribution in [3.63, 3.8) is 0 Å². The highest BCUT2D eigenvalue weighted by atomic mass is 16.4. The molecule has 1 amide bonds. The predicted molar refractivity (Wildman–Crippen MR) is 145 cm³/mol. The van der Waals surface area contributed by atoms with Crippen LogP contribution in [0.3, 0.4) is 0 Å². The number of amides is 1. The minimum Gasteiger partial charge on any atom is -0.478 e. The van der Waals surface area contributed by atoms with Gasteiger partial charge in [-0.3, -0.25) is 4.79 Å². The number of nitrogens with one attached hydrogen (secondary N) is 1. The Morgan fingerprint density at radius 1 is 0.605 bits per heavy atom. The minimum absolute atomic E-state index is 0.00519. The van der Waals surface area contributed by atoms with E-state index in [0.29, 0.717) is 25.7 Å². The Hall–Kier alpha value is -4.72. The number of benzene rings is 4. The first-order chi connectivity index (χ1) is 18.4. The molecule has 0 aromatic heterocycles. The van der Waals surface area contributed by atoms with Crippen LogP contribution < -0.4 is 5.32 Å². The number of carbonyl (C=O) groups excluding carboxylic acids is 2. The molecular formula is C30H25BNO6. The van der Waals surface area contributed by atoms with Gasteiger partial charge in [-0.05, 0) is 42.2 Å². The number of carboxylic acid groups (broad SMARTS) is 2. The number of aromatic carboxylic acids is 2. The summed E-state index contributed by atoms with van der Waals surface area (Å²) in [4.78, 5) is 50.6. The number of fused-ring (bicyclic) bond motifs is 1. The minimum atomic E-state index is -1.33. The van der Waals surface area contributed by atoms with Gasteiger partial charge in [0.15, 0.2) is 0 Å². The highest BCUT2D eigenvalue weighted by Gasteiger charge is 2.25. The van der Waals surface area contributed by atoms with E-state index in [9.17, 15) is 29.4 Å². The average Bonchev–Trinajstić information content (AvgIpc) is 2.92. The van der Waals surface area contributed by atoms with Crippen LogP contribution in [-0.4, -0.2) is 47.6 Å². The van der Waals surface area contributed by atoms with E-state index in [0.717, 1.165) is 11.1 Å². The van der Waals surface area contributed by atoms with Crippen LogP contribution in [0, 0.1) is 0 Å². The van der Waals surface area contributed by atoms with Crippen molar-refractivity contribution in [3.8, 4) is 0 Å². The molecule has 0 aliphatic heterocycles. The highest BCUT2D eigenvalue weighted by molar-refractivity contribution is 6.78. The second-order valence-corrected chi connectivity index (χ2v) is 8.77. The van der Waals surface area contributed by atoms with Gasteiger partial charge in [-0.1, -0.05) is 73.1 Å². The van der Waals surface area contributed by atoms with Gasteiger partial charge in [0.05, 0.1) is 11.1 Å². The zero-order valence-corrected chi connectivity index (χ0v) is 20.5. The summed E-state index contributed by atoms with van der Waals surface area (Å²) in [5.41, 5.74) is 1.16. The Labute approximate surface area is 220 Å². The fourth-order valence-corrected chi connectivity index (χ4v) is 4.43. The summed E-state index contributed by atoms with van der Waals surface area (Å²) >= 11 is 0. The molecule has 0 fully saturated rings. The van der Waals surface area contributed by atoms with Crippen LogP contribution in [0.25, 0.3) is 10.8 Å². The van der Waals surface area contributed by atoms with Crippen LogP contribution in [0.5, 0.6) is 0 Å². The monoisotopic (exact) mass is 506 g/mol. The van der Waals surface area contributed by atoms with Crippen molar-refractivity contribution in [2.24, 2.45) is 0 Å². The van der Waals surface area contributed by atoms with E-state index in [4.69, 9.17) is 0 Å². The van der Waals surface area contributed by atoms with Gasteiger partial charge in [-0.25, -0.2) is 9.59 Å². The molecule has 3 N–H and O–H groups in total. The first kappa shape index (κ1) is 26.4. The van der Waals surface area contributed by atoms with E-state index < -0.39 is 23.5 Å². The molecule has 1 radical (unpaired) electrons. The van der Waals surface area contributed by atoms with E-state index in [-0.39, 0.29) is 33.0 Å². The predicted octanol–water partition coefficient (Wildman–Crippen LogP) is 4.71. The Morgan fingerprint density at radius 3 is 1.63 bits per heavy atom. The van der Waals surface area contributed by atoms with Crippen molar-refractivity contribution >= 4 is 41.6 Å². The normalized spacial score (nSPS) is 10.6. The van der Waals surface area contributed by atoms with Crippen molar-refractivity contribution in [1.82, 2.24) is 5.32 Å². The van der Waals surface area contributed by atoms with E-state index in [1.54, 1.807) is 0 Å². The molecular weight excluding hydrogens is 481 g/mol. The number of carbonyl (C=O) groups is 4. The summed E-state index contributed by atoms with van der Waals surface area (Å²) in [5, 5.41) is 22.4. The summed E-state index contributed by atoms with van der Waals surface area (Å²) in [6.07, 6.45) is 1.58. The summed E-state index contributed by atoms with van der Waals surface area (Å²) in [6.45, 7) is 0.291. The topological polar surface area (TPSA) is 121 Å². The van der Waals surface area contributed by atoms with Crippen molar-refractivity contribution in [1.29, 1.82) is 0 Å². The maximum absolute atomic E-state index is 13.2. The quantitative estimate of drug-likeness (QED) is 0.253. The molecule has 0 unspecified atom stereocenters. The van der Waals surface area contributed by atoms with E-state index in [2.05, 4.69) is 5.32 Å². The molecule has 0 saturated heterocycles. The molecule has 0 aliphatic rings. The molecule has 4 rings (SSSR count). The van der Waals surface area contributed by atoms with Crippen molar-refractivity contribution in [3.05, 3.63) is 118 Å². The van der Waals surface area contributed by atoms with Crippen LogP contribution in [0.1, 0.15) is 52.6 Å². The lowest BCUT2D eigenvalue weighted by Gasteiger charge is -2.15. The van der Waals surface area contributed by atoms with Crippen LogP contribution >= 0.6 is 0 Å². The van der Waals surface area contributed by atoms with Gasteiger partial charge < -0.3 is 20.3 Å². The molecule has 38 heavy (non-hydrogen) atoms. The Balaban J connectivity index is 1.69. The summed E-state index contributed by atoms with van der Waals surface area (Å²) < 4.78 is 0. The fraction of sp³-hybridized carbons (Fsp3) is 0.133. The van der Waals surface area contributed by atoms with Crippen molar-refractivity contribution in [2.45, 2.75) is 19.2 Å². The second kappa shape index (κ2) is 12.0. The maximum Gasteiger partial charge on any atom is 0.336 e. The zero-order valence-electron chi connectivity index (χ0n) is 20.5. The molecule has 4 aromatic carbocycles. The van der Waals surface area contributed by atoms with Crippen LogP contribution in [0.15, 0.2) is 84.9 Å². The van der Waals surface area contributed by atoms with Gasteiger partial charge in [0.25, 0.3) is 5.91 Å². The number of hydrogen-bond acceptors (Lipinski definition) is 4. The van der Waals surface area contributed by atoms with E-state index >= 15 is 0 Å². The average molecular weight is 506 g/mol. The molecule has 0 spiro atoms. The summed E-state index contributed by atoms with van der Waals surface area (Å²) in [5.74, 6) is -3.21. The standard InChI is InChI=1S/C30H25BNO6/c33-27(31-17-15-19-7-3-1-4-8-19)21-11-13-24(30(37)38)26-22(12-14-23(25(21)26)29(35)36)28(34)32-18-16-20-9-5-2-6-10-20/h1-14H,15-18H2,(H,32,34)(H,35,36)(H,37,38). The lowest BCUT2D eigenvalue weighted by atomic mass is 9.65. The molecule has 8 heteroatoms. The Morgan fingerprint density at radius 2 is 1.08 bits per heavy atom. The van der Waals surface area contributed by atoms with Gasteiger partial charge in [0, 0.05) is 28.4 Å². The largest absolute Gasteiger partial charge is 0.478 e. The number of rotatable bonds is 11. The molecule has 0 saturated carbocycles. The van der Waals surface area contributed by atoms with Gasteiger partial charge in [-0.2, -0.15) is 0 Å². The van der Waals surface area contributed by atoms with Crippen LogP contribution in [-0.2, 0) is 12.8 Å². The first-order valence-electron chi connectivity index (χ1n) is 12.2. The zero-order chi connectivity index (χ0) is 27.1. The molecule has 0 aliphatic carbocycles. The Bertz CT molecular complexity index is 1390. The molecule has 7 nitrogen and oxygen atoms in total. The SMILES string of the molecule is O=C(O)c1ccc(C(=O)NCCc2ccccc2)c2c(C(=O)O)ccc(C(=O)[B]CCc3ccccc3)c12. The number of aryl methyl sites for hydroxylation is 1. The van der Waals surface area contributed by atoms with E-state index in [1.807, 2.05) is 60.7 Å². The number of hydrogen-bond donors (Lipinski definition) is 3. The smallest absolute Gasteiger partial charge is 0.336 e. The van der Waals surface area contributed by atoms with Gasteiger partial charge in [0.2, 0.25) is 7.28 Å². The van der Waals surface area contributed by atoms with Crippen molar-refractivity contribution in [2.75, 3.05) is 6.54 Å². The van der Waals surface area contributed by atoms with Gasteiger partial charge in [0.1, 0.15) is 5.68 Å². The summed E-state index contributed by atoms with van der Waals surface area (Å²) in [7, 11) is 1.46. The first-order valence-corrected chi connectivity index (χ1v) is 12.2. The molecule has 0 bridgehead atoms. The van der Waals surface area contributed by atoms with Gasteiger partial charge >= 0.3 is 11.9 Å². The van der Waals surface area contributed by atoms with E-state index in [1.165, 1.54) is 31.5 Å². The summed E-state index contributed by atoms with van der Waals surface area (Å²) in [6, 6.07) is 24.2. The maximum atomic E-state index is 13.2. The van der Waals surface area contributed by atoms with Gasteiger partial charge in [-0.15, -0.1) is 0 Å². The fourth-order valence-electron chi connectivity index (χ4n) is 4.43. The molecule has 0 heterocycles. The third kappa shape index (κ3) is 5.98. The molecule has 4 aromatic rings. The van der Waals surface area contributed by atoms with Crippen molar-refractivity contribution < 1.29 is 29.4 Å². The number of carboxylic acids is 2.